The Kier molecular flexibility index (Phi) is 11.8. The molecule has 7 nitrogen and oxygen atoms in total. The fraction of sp³-hybridized carbons (Fsp3) is 0.0417. The molecule has 0 bridgehead atoms. The van der Waals surface area contributed by atoms with E-state index in [1.807, 2.05) is 0 Å². The summed E-state index contributed by atoms with van der Waals surface area (Å²) >= 11 is 0. The Bertz CT molecular complexity index is 7120. The number of aromatic nitrogens is 4. The molecule has 20 aromatic rings. The van der Waals surface area contributed by atoms with Crippen molar-refractivity contribution in [2.24, 2.45) is 0 Å². The highest BCUT2D eigenvalue weighted by molar-refractivity contribution is 6.19. The van der Waals surface area contributed by atoms with Crippen LogP contribution < -0.4 is 4.74 Å². The lowest BCUT2D eigenvalue weighted by Crippen LogP contribution is -2.17. The smallest absolute Gasteiger partial charge is 0.159 e. The Morgan fingerprint density at radius 2 is 0.854 bits per heavy atom. The van der Waals surface area contributed by atoms with Gasteiger partial charge in [0, 0.05) is 87.7 Å². The molecule has 6 aromatic heterocycles. The van der Waals surface area contributed by atoms with Crippen LogP contribution in [0.5, 0.6) is 5.75 Å². The van der Waals surface area contributed by atoms with Gasteiger partial charge in [-0.15, -0.1) is 0 Å². The van der Waals surface area contributed by atoms with E-state index in [-0.39, 0.29) is 12.0 Å². The van der Waals surface area contributed by atoms with Crippen molar-refractivity contribution in [1.82, 2.24) is 18.3 Å². The molecule has 7 heterocycles. The number of hydrogen-bond acceptors (Lipinski definition) is 3. The van der Waals surface area contributed by atoms with Gasteiger partial charge in [-0.1, -0.05) is 212 Å². The lowest BCUT2D eigenvalue weighted by atomic mass is 9.86. The molecule has 2 aliphatic carbocycles. The van der Waals surface area contributed by atoms with Gasteiger partial charge in [0.15, 0.2) is 11.2 Å². The molecule has 23 rings (SSSR count). The van der Waals surface area contributed by atoms with Gasteiger partial charge in [-0.05, 0) is 173 Å². The van der Waals surface area contributed by atoms with Gasteiger partial charge in [0.2, 0.25) is 0 Å². The number of furan rings is 2. The number of allylic oxidation sites excluding steroid dienone is 3. The standard InChI is InChI=1S/C96H60N4O3/c1-2-19-57(20-3-1)59-41-46-84-74(52-59)68-25-6-9-32-79(68)97(84)64-45-50-92-78(56-64)72-31-18-39-88(96(72)103-92)99-82-35-12-7-26-69(82)75-53-60(42-47-85(75)99)58-21-14-22-63(51-58)65-28-15-37-86-93(65)73-27-8-13-36-83(73)100(86)89-40-17-30-71-77-55-62(44-49-91(77)102-95(71)89)61-43-48-90-76(54-61)70-29-16-38-87(94(70)101-90)98-80-33-10-4-23-66(80)67-24-5-11-34-81(67)98/h1-11,13-34,36-56,76,90H,12,35H2. The first-order chi connectivity index (χ1) is 51.1. The summed E-state index contributed by atoms with van der Waals surface area (Å²) in [5, 5.41) is 12.9. The number of para-hydroxylation sites is 7. The molecule has 3 aliphatic rings. The minimum atomic E-state index is -0.102. The van der Waals surface area contributed by atoms with Gasteiger partial charge in [0.05, 0.1) is 55.7 Å². The molecular weight excluding hydrogens is 1260 g/mol. The zero-order valence-corrected chi connectivity index (χ0v) is 55.8. The van der Waals surface area contributed by atoms with Crippen LogP contribution in [0.3, 0.4) is 0 Å². The predicted octanol–water partition coefficient (Wildman–Crippen LogP) is 25.2. The van der Waals surface area contributed by atoms with E-state index in [9.17, 15) is 0 Å². The fourth-order valence-corrected chi connectivity index (χ4v) is 18.0. The van der Waals surface area contributed by atoms with E-state index in [0.717, 1.165) is 118 Å². The van der Waals surface area contributed by atoms with Crippen molar-refractivity contribution in [3.63, 3.8) is 0 Å². The maximum Gasteiger partial charge on any atom is 0.159 e. The zero-order valence-electron chi connectivity index (χ0n) is 55.8. The first-order valence-corrected chi connectivity index (χ1v) is 35.7. The van der Waals surface area contributed by atoms with Gasteiger partial charge < -0.3 is 31.8 Å². The molecule has 0 N–H and O–H groups in total. The Balaban J connectivity index is 0.589. The molecule has 1 aliphatic heterocycles. The Morgan fingerprint density at radius 1 is 0.330 bits per heavy atom. The molecule has 0 fully saturated rings. The first kappa shape index (κ1) is 56.5. The third-order valence-corrected chi connectivity index (χ3v) is 22.6. The third-order valence-electron chi connectivity index (χ3n) is 22.6. The molecule has 7 heteroatoms. The van der Waals surface area contributed by atoms with Gasteiger partial charge >= 0.3 is 0 Å². The summed E-state index contributed by atoms with van der Waals surface area (Å²) in [6, 6.07) is 109. The van der Waals surface area contributed by atoms with E-state index in [2.05, 4.69) is 346 Å². The Hall–Kier alpha value is -13.4. The normalized spacial score (nSPS) is 15.0. The van der Waals surface area contributed by atoms with Crippen molar-refractivity contribution in [2.75, 3.05) is 0 Å². The molecule has 0 radical (unpaired) electrons. The van der Waals surface area contributed by atoms with Gasteiger partial charge in [-0.3, -0.25) is 0 Å². The van der Waals surface area contributed by atoms with Crippen LogP contribution in [0.4, 0.5) is 0 Å². The summed E-state index contributed by atoms with van der Waals surface area (Å²) in [7, 11) is 0. The highest BCUT2D eigenvalue weighted by atomic mass is 16.5. The minimum absolute atomic E-state index is 0.0611. The van der Waals surface area contributed by atoms with Crippen LogP contribution in [-0.2, 0) is 6.42 Å². The maximum absolute atomic E-state index is 7.03. The molecule has 2 atom stereocenters. The van der Waals surface area contributed by atoms with Gasteiger partial charge in [-0.25, -0.2) is 0 Å². The summed E-state index contributed by atoms with van der Waals surface area (Å²) < 4.78 is 30.7. The molecule has 0 saturated heterocycles. The molecule has 0 spiro atoms. The zero-order chi connectivity index (χ0) is 67.1. The second kappa shape index (κ2) is 21.6. The third kappa shape index (κ3) is 8.21. The number of hydrogen-bond donors (Lipinski definition) is 0. The van der Waals surface area contributed by atoms with Crippen LogP contribution in [0.15, 0.2) is 330 Å². The van der Waals surface area contributed by atoms with E-state index in [0.29, 0.717) is 0 Å². The van der Waals surface area contributed by atoms with Crippen LogP contribution in [0, 0.1) is 0 Å². The van der Waals surface area contributed by atoms with Crippen LogP contribution in [-0.4, -0.2) is 24.4 Å². The summed E-state index contributed by atoms with van der Waals surface area (Å²) in [5.41, 5.74) is 28.9. The summed E-state index contributed by atoms with van der Waals surface area (Å²) in [5.74, 6) is 1.00. The van der Waals surface area contributed by atoms with E-state index in [1.165, 1.54) is 104 Å². The van der Waals surface area contributed by atoms with Crippen molar-refractivity contribution in [3.8, 4) is 61.9 Å². The molecule has 0 saturated carbocycles. The first-order valence-electron chi connectivity index (χ1n) is 35.7. The van der Waals surface area contributed by atoms with Crippen molar-refractivity contribution >= 4 is 132 Å². The summed E-state index contributed by atoms with van der Waals surface area (Å²) in [4.78, 5) is 0. The monoisotopic (exact) mass is 1320 g/mol. The van der Waals surface area contributed by atoms with Crippen LogP contribution in [0.25, 0.3) is 188 Å². The SMILES string of the molecule is C1=Cc2c(n(-c3cccc4c3oc3ccc(-n5c6ccccc6c6cc(-c7ccccc7)ccc65)cc34)c3ccc(-c4cccc(-c5cccc6c5c5ccccc5n6-c5cccc6c5oc5ccc(C7=CC8c9cccc(-n%10c%11ccccc%11c%11ccccc%11%10)c9OC8C=C7)cc56)c4)cc23)CC1. The van der Waals surface area contributed by atoms with Crippen molar-refractivity contribution in [1.29, 1.82) is 0 Å². The second-order valence-electron chi connectivity index (χ2n) is 28.0. The summed E-state index contributed by atoms with van der Waals surface area (Å²) in [6.45, 7) is 0. The number of nitrogens with zero attached hydrogens (tertiary/aromatic N) is 4. The lowest BCUT2D eigenvalue weighted by Gasteiger charge is -2.18. The summed E-state index contributed by atoms with van der Waals surface area (Å²) in [6.07, 6.45) is 13.3. The number of benzene rings is 14. The average Bonchev–Trinajstić information content (AvgIpc) is 1.56. The van der Waals surface area contributed by atoms with Gasteiger partial charge in [0.25, 0.3) is 0 Å². The van der Waals surface area contributed by atoms with Gasteiger partial charge in [0.1, 0.15) is 23.0 Å². The van der Waals surface area contributed by atoms with E-state index < -0.39 is 0 Å². The largest absolute Gasteiger partial charge is 0.483 e. The van der Waals surface area contributed by atoms with Crippen LogP contribution in [0.2, 0.25) is 0 Å². The number of ether oxygens (including phenoxy) is 1. The molecule has 103 heavy (non-hydrogen) atoms. The quantitative estimate of drug-likeness (QED) is 0.152. The van der Waals surface area contributed by atoms with E-state index >= 15 is 0 Å². The number of fused-ring (bicyclic) bond motifs is 21. The fourth-order valence-electron chi connectivity index (χ4n) is 18.0. The van der Waals surface area contributed by atoms with Crippen molar-refractivity contribution < 1.29 is 13.6 Å². The molecule has 482 valence electrons. The highest BCUT2D eigenvalue weighted by Crippen LogP contribution is 2.50. The topological polar surface area (TPSA) is 55.2 Å². The maximum atomic E-state index is 7.03. The molecule has 14 aromatic carbocycles. The molecule has 2 unspecified atom stereocenters. The predicted molar refractivity (Wildman–Crippen MR) is 425 cm³/mol. The second-order valence-corrected chi connectivity index (χ2v) is 28.0. The van der Waals surface area contributed by atoms with E-state index in [1.54, 1.807) is 0 Å². The van der Waals surface area contributed by atoms with Crippen LogP contribution >= 0.6 is 0 Å². The van der Waals surface area contributed by atoms with Crippen LogP contribution in [0.1, 0.15) is 34.7 Å². The Labute approximate surface area is 590 Å². The van der Waals surface area contributed by atoms with Gasteiger partial charge in [-0.2, -0.15) is 0 Å². The molecule has 0 amide bonds. The minimum Gasteiger partial charge on any atom is -0.483 e. The number of rotatable bonds is 8. The van der Waals surface area contributed by atoms with Crippen molar-refractivity contribution in [3.05, 3.63) is 344 Å². The molecular formula is C96H60N4O3. The lowest BCUT2D eigenvalue weighted by molar-refractivity contribution is 0.269. The Morgan fingerprint density at radius 3 is 1.62 bits per heavy atom. The average molecular weight is 1320 g/mol. The highest BCUT2D eigenvalue weighted by Gasteiger charge is 2.36. The van der Waals surface area contributed by atoms with Crippen molar-refractivity contribution in [2.45, 2.75) is 24.9 Å². The van der Waals surface area contributed by atoms with E-state index in [4.69, 9.17) is 13.6 Å².